The fourth-order valence-corrected chi connectivity index (χ4v) is 8.46. The number of Topliss-reactive ketones (excluding diaryl/α,β-unsaturated/α-hetero) is 1. The van der Waals surface area contributed by atoms with Crippen LogP contribution in [0, 0.1) is 21.7 Å². The highest BCUT2D eigenvalue weighted by atomic mass is 16.4. The number of rotatable bonds is 11. The fraction of sp³-hybridized carbons (Fsp3) is 0.511. The molecule has 0 spiro atoms. The van der Waals surface area contributed by atoms with Crippen LogP contribution < -0.4 is 10.6 Å². The van der Waals surface area contributed by atoms with Gasteiger partial charge in [0.05, 0.1) is 35.9 Å². The average Bonchev–Trinajstić information content (AvgIpc) is 3.86. The lowest BCUT2D eigenvalue weighted by Crippen LogP contribution is -2.50. The summed E-state index contributed by atoms with van der Waals surface area (Å²) in [5.41, 5.74) is 2.44. The smallest absolute Gasteiger partial charge is 0.319 e. The first-order valence-corrected chi connectivity index (χ1v) is 20.1. The molecule has 0 saturated heterocycles. The summed E-state index contributed by atoms with van der Waals surface area (Å²) >= 11 is 0. The second-order valence-corrected chi connectivity index (χ2v) is 18.2. The number of ketones is 1. The van der Waals surface area contributed by atoms with E-state index >= 15 is 0 Å². The van der Waals surface area contributed by atoms with Gasteiger partial charge in [0, 0.05) is 0 Å². The lowest BCUT2D eigenvalue weighted by atomic mass is 9.70. The molecule has 0 radical (unpaired) electrons. The van der Waals surface area contributed by atoms with Gasteiger partial charge in [-0.2, -0.15) is 0 Å². The number of carbonyl (C=O) groups is 4. The number of nitrogens with one attached hydrogen (secondary N) is 4. The molecule has 5 N–H and O–H groups in total. The summed E-state index contributed by atoms with van der Waals surface area (Å²) in [6, 6.07) is 15.5. The van der Waals surface area contributed by atoms with Crippen LogP contribution in [0.2, 0.25) is 0 Å². The van der Waals surface area contributed by atoms with Crippen LogP contribution >= 0.6 is 0 Å². The highest BCUT2D eigenvalue weighted by molar-refractivity contribution is 6.05. The Morgan fingerprint density at radius 2 is 0.929 bits per heavy atom. The normalized spacial score (nSPS) is 18.1. The zero-order chi connectivity index (χ0) is 40.5. The Kier molecular flexibility index (Phi) is 11.5. The Hall–Kier alpha value is -5.06. The van der Waals surface area contributed by atoms with Gasteiger partial charge in [0.2, 0.25) is 11.8 Å². The highest BCUT2D eigenvalue weighted by Crippen LogP contribution is 2.42. The third-order valence-electron chi connectivity index (χ3n) is 12.1. The molecule has 2 aliphatic carbocycles. The number of aromatic nitrogens is 4. The molecule has 0 aliphatic heterocycles. The number of carbonyl (C=O) groups excluding carboxylic acids is 3. The molecule has 2 aromatic heterocycles. The van der Waals surface area contributed by atoms with Crippen LogP contribution in [0.25, 0.3) is 33.6 Å². The Balaban J connectivity index is 1.15. The summed E-state index contributed by atoms with van der Waals surface area (Å²) in [6.07, 6.45) is 10.6. The third-order valence-corrected chi connectivity index (χ3v) is 12.1. The molecule has 2 aliphatic rings. The number of aliphatic carboxylic acids is 1. The van der Waals surface area contributed by atoms with Crippen LogP contribution in [0.5, 0.6) is 0 Å². The summed E-state index contributed by atoms with van der Waals surface area (Å²) in [6.45, 7) is 13.7. The van der Waals surface area contributed by atoms with Crippen LogP contribution in [0.1, 0.15) is 136 Å². The highest BCUT2D eigenvalue weighted by Gasteiger charge is 2.49. The summed E-state index contributed by atoms with van der Waals surface area (Å²) in [7, 11) is 0. The van der Waals surface area contributed by atoms with Crippen molar-refractivity contribution in [2.45, 2.75) is 125 Å². The van der Waals surface area contributed by atoms with Crippen molar-refractivity contribution in [2.75, 3.05) is 0 Å². The number of hydrogen-bond acceptors (Lipinski definition) is 6. The van der Waals surface area contributed by atoms with E-state index in [4.69, 9.17) is 4.98 Å². The maximum absolute atomic E-state index is 13.7. The SMILES string of the molecule is CC(=O)C1(C(=O)N[C@H](c2ncc(-c3ccc(-c4ccc(-c5cnc([C@@H](NC(=O)C6(C(=O)O)CCCCC6)C(C)(C)C)[nH]5)cc4)cc3)[nH]2)C(C)(C)C)CCCCC1. The van der Waals surface area contributed by atoms with Crippen molar-refractivity contribution in [1.82, 2.24) is 30.6 Å². The number of benzene rings is 2. The van der Waals surface area contributed by atoms with Crippen LogP contribution in [-0.2, 0) is 19.2 Å². The predicted octanol–water partition coefficient (Wildman–Crippen LogP) is 9.12. The molecule has 0 bridgehead atoms. The largest absolute Gasteiger partial charge is 0.480 e. The Bertz CT molecular complexity index is 1890. The lowest BCUT2D eigenvalue weighted by Gasteiger charge is -2.37. The molecule has 298 valence electrons. The van der Waals surface area contributed by atoms with Crippen molar-refractivity contribution in [3.8, 4) is 33.6 Å². The first-order chi connectivity index (χ1) is 26.4. The number of nitrogens with zero attached hydrogens (tertiary/aromatic N) is 2. The van der Waals surface area contributed by atoms with Crippen LogP contribution in [0.4, 0.5) is 0 Å². The molecule has 11 heteroatoms. The van der Waals surface area contributed by atoms with E-state index in [9.17, 15) is 24.3 Å². The van der Waals surface area contributed by atoms with Crippen molar-refractivity contribution >= 4 is 23.6 Å². The van der Waals surface area contributed by atoms with Crippen molar-refractivity contribution in [3.05, 3.63) is 72.6 Å². The van der Waals surface area contributed by atoms with Gasteiger partial charge in [-0.15, -0.1) is 0 Å². The molecule has 0 unspecified atom stereocenters. The van der Waals surface area contributed by atoms with Gasteiger partial charge >= 0.3 is 5.97 Å². The van der Waals surface area contributed by atoms with E-state index in [1.165, 1.54) is 0 Å². The summed E-state index contributed by atoms with van der Waals surface area (Å²) in [4.78, 5) is 68.6. The van der Waals surface area contributed by atoms with Crippen LogP contribution in [0.15, 0.2) is 60.9 Å². The summed E-state index contributed by atoms with van der Waals surface area (Å²) in [5, 5.41) is 16.4. The molecule has 2 amide bonds. The van der Waals surface area contributed by atoms with Crippen molar-refractivity contribution in [2.24, 2.45) is 21.7 Å². The van der Waals surface area contributed by atoms with Crippen LogP contribution in [-0.4, -0.2) is 48.6 Å². The van der Waals surface area contributed by atoms with Gasteiger partial charge in [0.15, 0.2) is 0 Å². The minimum atomic E-state index is -1.41. The van der Waals surface area contributed by atoms with Crippen LogP contribution in [0.3, 0.4) is 0 Å². The Labute approximate surface area is 330 Å². The van der Waals surface area contributed by atoms with E-state index in [0.29, 0.717) is 37.3 Å². The topological polar surface area (TPSA) is 170 Å². The summed E-state index contributed by atoms with van der Waals surface area (Å²) in [5.74, 6) is -0.526. The predicted molar refractivity (Wildman–Crippen MR) is 217 cm³/mol. The third kappa shape index (κ3) is 8.22. The number of hydrogen-bond donors (Lipinski definition) is 5. The lowest BCUT2D eigenvalue weighted by molar-refractivity contribution is -0.159. The van der Waals surface area contributed by atoms with E-state index in [1.807, 2.05) is 45.0 Å². The van der Waals surface area contributed by atoms with E-state index in [-0.39, 0.29) is 17.1 Å². The standard InChI is InChI=1S/C45H58N6O5/c1-28(52)44(22-10-8-11-23-44)39(53)50-35(42(2,3)4)37-46-26-33(48-37)31-18-14-29(15-19-31)30-16-20-32(21-17-30)34-27-47-38(49-34)36(43(5,6)7)51-40(54)45(41(55)56)24-12-9-13-25-45/h14-21,26-27,35-36H,8-13,22-25H2,1-7H3,(H,46,48)(H,47,49)(H,50,53)(H,51,54)(H,55,56)/t35-,36-/m1/s1. The van der Waals surface area contributed by atoms with E-state index < -0.39 is 40.2 Å². The molecule has 6 rings (SSSR count). The van der Waals surface area contributed by atoms with Crippen molar-refractivity contribution < 1.29 is 24.3 Å². The number of carboxylic acid groups (broad SMARTS) is 1. The van der Waals surface area contributed by atoms with Gasteiger partial charge < -0.3 is 25.7 Å². The van der Waals surface area contributed by atoms with Gasteiger partial charge in [-0.1, -0.05) is 129 Å². The van der Waals surface area contributed by atoms with Gasteiger partial charge in [0.25, 0.3) is 0 Å². The maximum Gasteiger partial charge on any atom is 0.319 e. The molecule has 2 atom stereocenters. The van der Waals surface area contributed by atoms with E-state index in [2.05, 4.69) is 70.6 Å². The number of carboxylic acids is 1. The summed E-state index contributed by atoms with van der Waals surface area (Å²) < 4.78 is 0. The molecule has 2 heterocycles. The molecule has 11 nitrogen and oxygen atoms in total. The number of H-pyrrole nitrogens is 2. The number of imidazole rings is 2. The molecular weight excluding hydrogens is 705 g/mol. The zero-order valence-corrected chi connectivity index (χ0v) is 34.0. The Morgan fingerprint density at radius 1 is 0.589 bits per heavy atom. The van der Waals surface area contributed by atoms with E-state index in [1.54, 1.807) is 19.3 Å². The minimum Gasteiger partial charge on any atom is -0.480 e. The molecule has 2 aromatic carbocycles. The van der Waals surface area contributed by atoms with Gasteiger partial charge in [-0.3, -0.25) is 19.2 Å². The van der Waals surface area contributed by atoms with Gasteiger partial charge in [-0.05, 0) is 65.7 Å². The zero-order valence-electron chi connectivity index (χ0n) is 34.0. The van der Waals surface area contributed by atoms with Gasteiger partial charge in [-0.25, -0.2) is 9.97 Å². The first-order valence-electron chi connectivity index (χ1n) is 20.1. The molecule has 56 heavy (non-hydrogen) atoms. The average molecular weight is 763 g/mol. The first kappa shape index (κ1) is 40.6. The Morgan fingerprint density at radius 3 is 1.27 bits per heavy atom. The minimum absolute atomic E-state index is 0.0631. The second-order valence-electron chi connectivity index (χ2n) is 18.2. The molecule has 4 aromatic rings. The maximum atomic E-state index is 13.7. The monoisotopic (exact) mass is 762 g/mol. The molecule has 2 saturated carbocycles. The molecular formula is C45H58N6O5. The number of aromatic amines is 2. The fourth-order valence-electron chi connectivity index (χ4n) is 8.46. The quantitative estimate of drug-likeness (QED) is 0.0949. The van der Waals surface area contributed by atoms with Crippen molar-refractivity contribution in [1.29, 1.82) is 0 Å². The van der Waals surface area contributed by atoms with Gasteiger partial charge in [0.1, 0.15) is 28.3 Å². The number of amides is 2. The van der Waals surface area contributed by atoms with E-state index in [0.717, 1.165) is 72.2 Å². The second kappa shape index (κ2) is 15.8. The molecule has 2 fully saturated rings. The van der Waals surface area contributed by atoms with Crippen molar-refractivity contribution in [3.63, 3.8) is 0 Å².